The van der Waals surface area contributed by atoms with Crippen molar-refractivity contribution in [2.45, 2.75) is 0 Å². The van der Waals surface area contributed by atoms with Crippen molar-refractivity contribution in [2.75, 3.05) is 13.1 Å². The molecule has 2 aromatic rings. The molecule has 0 saturated carbocycles. The van der Waals surface area contributed by atoms with E-state index in [1.807, 2.05) is 60.7 Å². The number of aliphatic imine (C=N–C) groups is 2. The van der Waals surface area contributed by atoms with E-state index in [4.69, 9.17) is 11.5 Å². The van der Waals surface area contributed by atoms with Crippen molar-refractivity contribution in [2.24, 2.45) is 21.5 Å². The molecule has 6 nitrogen and oxygen atoms in total. The molecular weight excluding hydrogens is 304 g/mol. The molecule has 0 radical (unpaired) electrons. The quantitative estimate of drug-likeness (QED) is 0.739. The van der Waals surface area contributed by atoms with Gasteiger partial charge in [0.25, 0.3) is 0 Å². The fraction of sp³-hybridized carbons (Fsp3) is 0.111. The molecule has 0 atom stereocenters. The van der Waals surface area contributed by atoms with Gasteiger partial charge in [-0.2, -0.15) is 0 Å². The monoisotopic (exact) mass is 322 g/mol. The molecular formula is C18H18N4O2. The van der Waals surface area contributed by atoms with Gasteiger partial charge in [-0.1, -0.05) is 60.7 Å². The van der Waals surface area contributed by atoms with Crippen molar-refractivity contribution >= 4 is 23.2 Å². The number of primary amides is 2. The second kappa shape index (κ2) is 8.38. The smallest absolute Gasteiger partial charge is 0.239 e. The SMILES string of the molecule is NC(=O)CN=C(C(=NCC(N)=O)c1ccccc1)c1ccccc1. The van der Waals surface area contributed by atoms with Gasteiger partial charge >= 0.3 is 0 Å². The van der Waals surface area contributed by atoms with E-state index < -0.39 is 11.8 Å². The van der Waals surface area contributed by atoms with Crippen LogP contribution in [0, 0.1) is 0 Å². The number of rotatable bonds is 7. The first-order valence-electron chi connectivity index (χ1n) is 7.34. The number of nitrogens with zero attached hydrogens (tertiary/aromatic N) is 2. The number of nitrogens with two attached hydrogens (primary N) is 2. The van der Waals surface area contributed by atoms with Crippen LogP contribution in [0.25, 0.3) is 0 Å². The molecule has 0 aliphatic carbocycles. The third kappa shape index (κ3) is 4.88. The second-order valence-electron chi connectivity index (χ2n) is 4.99. The Morgan fingerprint density at radius 3 is 1.29 bits per heavy atom. The third-order valence-electron chi connectivity index (χ3n) is 3.10. The van der Waals surface area contributed by atoms with Gasteiger partial charge in [-0.05, 0) is 0 Å². The van der Waals surface area contributed by atoms with Crippen molar-refractivity contribution in [3.63, 3.8) is 0 Å². The summed E-state index contributed by atoms with van der Waals surface area (Å²) in [6.45, 7) is -0.348. The van der Waals surface area contributed by atoms with Crippen LogP contribution in [0.2, 0.25) is 0 Å². The third-order valence-corrected chi connectivity index (χ3v) is 3.10. The first-order chi connectivity index (χ1) is 11.6. The van der Waals surface area contributed by atoms with Gasteiger partial charge < -0.3 is 11.5 Å². The summed E-state index contributed by atoms with van der Waals surface area (Å²) in [5, 5.41) is 0. The molecule has 4 N–H and O–H groups in total. The van der Waals surface area contributed by atoms with E-state index in [9.17, 15) is 9.59 Å². The molecule has 0 aliphatic rings. The Kier molecular flexibility index (Phi) is 5.96. The number of carbonyl (C=O) groups is 2. The van der Waals surface area contributed by atoms with Crippen molar-refractivity contribution < 1.29 is 9.59 Å². The molecule has 122 valence electrons. The summed E-state index contributed by atoms with van der Waals surface area (Å²) in [5.41, 5.74) is 13.0. The van der Waals surface area contributed by atoms with Gasteiger partial charge in [0.15, 0.2) is 0 Å². The van der Waals surface area contributed by atoms with Crippen LogP contribution in [-0.4, -0.2) is 36.3 Å². The minimum atomic E-state index is -0.550. The lowest BCUT2D eigenvalue weighted by atomic mass is 9.99. The lowest BCUT2D eigenvalue weighted by Crippen LogP contribution is -2.24. The number of carbonyl (C=O) groups excluding carboxylic acids is 2. The highest BCUT2D eigenvalue weighted by atomic mass is 16.1. The summed E-state index contributed by atoms with van der Waals surface area (Å²) in [6, 6.07) is 18.6. The topological polar surface area (TPSA) is 111 Å². The standard InChI is InChI=1S/C18H18N4O2/c19-15(23)11-21-17(13-7-3-1-4-8-13)18(22-12-16(20)24)14-9-5-2-6-10-14/h1-10H,11-12H2,(H2,19,23)(H2,20,24). The van der Waals surface area contributed by atoms with Crippen molar-refractivity contribution in [3.05, 3.63) is 71.8 Å². The van der Waals surface area contributed by atoms with Crippen molar-refractivity contribution in [1.29, 1.82) is 0 Å². The molecule has 6 heteroatoms. The van der Waals surface area contributed by atoms with Crippen LogP contribution in [0.5, 0.6) is 0 Å². The summed E-state index contributed by atoms with van der Waals surface area (Å²) >= 11 is 0. The average molecular weight is 322 g/mol. The summed E-state index contributed by atoms with van der Waals surface area (Å²) in [4.78, 5) is 30.9. The zero-order chi connectivity index (χ0) is 17.4. The fourth-order valence-electron chi connectivity index (χ4n) is 2.11. The number of benzene rings is 2. The molecule has 0 heterocycles. The number of hydrogen-bond acceptors (Lipinski definition) is 4. The summed E-state index contributed by atoms with van der Waals surface area (Å²) in [5.74, 6) is -1.10. The van der Waals surface area contributed by atoms with Gasteiger partial charge in [0.2, 0.25) is 11.8 Å². The van der Waals surface area contributed by atoms with Crippen LogP contribution in [0.1, 0.15) is 11.1 Å². The van der Waals surface area contributed by atoms with Crippen molar-refractivity contribution in [1.82, 2.24) is 0 Å². The van der Waals surface area contributed by atoms with Gasteiger partial charge in [-0.15, -0.1) is 0 Å². The molecule has 0 aromatic heterocycles. The molecule has 0 spiro atoms. The molecule has 0 aliphatic heterocycles. The van der Waals surface area contributed by atoms with E-state index in [0.29, 0.717) is 11.4 Å². The highest BCUT2D eigenvalue weighted by Crippen LogP contribution is 2.11. The summed E-state index contributed by atoms with van der Waals surface area (Å²) < 4.78 is 0. The van der Waals surface area contributed by atoms with E-state index >= 15 is 0 Å². The molecule has 2 aromatic carbocycles. The summed E-state index contributed by atoms with van der Waals surface area (Å²) in [6.07, 6.45) is 0. The van der Waals surface area contributed by atoms with Crippen LogP contribution in [0.15, 0.2) is 70.6 Å². The molecule has 2 rings (SSSR count). The zero-order valence-corrected chi connectivity index (χ0v) is 13.1. The van der Waals surface area contributed by atoms with Gasteiger partial charge in [-0.25, -0.2) is 0 Å². The first kappa shape index (κ1) is 17.1. The Hall–Kier alpha value is -3.28. The van der Waals surface area contributed by atoms with Crippen LogP contribution in [-0.2, 0) is 9.59 Å². The lowest BCUT2D eigenvalue weighted by Gasteiger charge is -2.11. The normalized spacial score (nSPS) is 12.0. The molecule has 0 fully saturated rings. The number of hydrogen-bond donors (Lipinski definition) is 2. The van der Waals surface area contributed by atoms with E-state index in [0.717, 1.165) is 11.1 Å². The van der Waals surface area contributed by atoms with Gasteiger partial charge in [0.1, 0.15) is 13.1 Å². The van der Waals surface area contributed by atoms with Crippen LogP contribution < -0.4 is 11.5 Å². The van der Waals surface area contributed by atoms with Gasteiger partial charge in [-0.3, -0.25) is 19.6 Å². The van der Waals surface area contributed by atoms with Gasteiger partial charge in [0, 0.05) is 11.1 Å². The average Bonchev–Trinajstić information content (AvgIpc) is 2.59. The maximum Gasteiger partial charge on any atom is 0.239 e. The van der Waals surface area contributed by atoms with Crippen LogP contribution in [0.3, 0.4) is 0 Å². The molecule has 0 saturated heterocycles. The summed E-state index contributed by atoms with van der Waals surface area (Å²) in [7, 11) is 0. The Morgan fingerprint density at radius 2 is 1.00 bits per heavy atom. The number of amides is 2. The fourth-order valence-corrected chi connectivity index (χ4v) is 2.11. The highest BCUT2D eigenvalue weighted by molar-refractivity contribution is 6.53. The van der Waals surface area contributed by atoms with Crippen molar-refractivity contribution in [3.8, 4) is 0 Å². The minimum absolute atomic E-state index is 0.174. The van der Waals surface area contributed by atoms with E-state index in [1.165, 1.54) is 0 Å². The Morgan fingerprint density at radius 1 is 0.667 bits per heavy atom. The predicted octanol–water partition coefficient (Wildman–Crippen LogP) is 0.936. The maximum atomic E-state index is 11.2. The van der Waals surface area contributed by atoms with Gasteiger partial charge in [0.05, 0.1) is 11.4 Å². The molecule has 0 bridgehead atoms. The maximum absolute atomic E-state index is 11.2. The lowest BCUT2D eigenvalue weighted by molar-refractivity contribution is -0.117. The second-order valence-corrected chi connectivity index (χ2v) is 4.99. The Labute approximate surface area is 139 Å². The first-order valence-corrected chi connectivity index (χ1v) is 7.34. The van der Waals surface area contributed by atoms with E-state index in [-0.39, 0.29) is 13.1 Å². The highest BCUT2D eigenvalue weighted by Gasteiger charge is 2.14. The molecule has 0 unspecified atom stereocenters. The molecule has 2 amide bonds. The Bertz CT molecular complexity index is 701. The van der Waals surface area contributed by atoms with Crippen LogP contribution >= 0.6 is 0 Å². The largest absolute Gasteiger partial charge is 0.368 e. The molecule has 24 heavy (non-hydrogen) atoms. The minimum Gasteiger partial charge on any atom is -0.368 e. The van der Waals surface area contributed by atoms with E-state index in [1.54, 1.807) is 0 Å². The van der Waals surface area contributed by atoms with E-state index in [2.05, 4.69) is 9.98 Å². The Balaban J connectivity index is 2.56. The predicted molar refractivity (Wildman–Crippen MR) is 94.1 cm³/mol. The zero-order valence-electron chi connectivity index (χ0n) is 13.1. The van der Waals surface area contributed by atoms with Crippen LogP contribution in [0.4, 0.5) is 0 Å².